The van der Waals surface area contributed by atoms with E-state index in [4.69, 9.17) is 5.73 Å². The van der Waals surface area contributed by atoms with Crippen molar-refractivity contribution in [3.8, 4) is 11.3 Å². The summed E-state index contributed by atoms with van der Waals surface area (Å²) in [5, 5.41) is 0.961. The van der Waals surface area contributed by atoms with E-state index < -0.39 is 0 Å². The van der Waals surface area contributed by atoms with E-state index in [1.54, 1.807) is 12.4 Å². The van der Waals surface area contributed by atoms with E-state index in [0.717, 1.165) is 16.6 Å². The largest absolute Gasteiger partial charge is 0.383 e. The number of nitrogens with two attached hydrogens (primary N) is 1. The van der Waals surface area contributed by atoms with Crippen LogP contribution < -0.4 is 5.73 Å². The highest BCUT2D eigenvalue weighted by molar-refractivity contribution is 5.85. The van der Waals surface area contributed by atoms with Crippen molar-refractivity contribution in [2.75, 3.05) is 5.73 Å². The van der Waals surface area contributed by atoms with Gasteiger partial charge in [-0.2, -0.15) is 0 Å². The zero-order chi connectivity index (χ0) is 11.7. The fourth-order valence-corrected chi connectivity index (χ4v) is 1.75. The van der Waals surface area contributed by atoms with Crippen molar-refractivity contribution in [3.63, 3.8) is 0 Å². The predicted octanol–water partition coefficient (Wildman–Crippen LogP) is 2.27. The van der Waals surface area contributed by atoms with Gasteiger partial charge in [-0.1, -0.05) is 6.07 Å². The molecule has 82 valence electrons. The van der Waals surface area contributed by atoms with E-state index in [1.165, 1.54) is 0 Å². The van der Waals surface area contributed by atoms with Crippen LogP contribution in [0.25, 0.3) is 22.3 Å². The van der Waals surface area contributed by atoms with E-state index in [9.17, 15) is 0 Å². The smallest absolute Gasteiger partial charge is 0.161 e. The monoisotopic (exact) mass is 222 g/mol. The molecule has 0 saturated heterocycles. The number of rotatable bonds is 1. The van der Waals surface area contributed by atoms with Crippen molar-refractivity contribution in [3.05, 3.63) is 48.8 Å². The minimum Gasteiger partial charge on any atom is -0.383 e. The standard InChI is InChI=1S/C13H10N4/c14-12-10(11-5-1-2-6-15-11)8-9-4-3-7-16-13(9)17-12/h1-8H,(H2,14,16,17). The molecule has 0 bridgehead atoms. The molecule has 0 aliphatic heterocycles. The highest BCUT2D eigenvalue weighted by atomic mass is 14.9. The molecule has 3 aromatic rings. The maximum Gasteiger partial charge on any atom is 0.161 e. The molecule has 0 atom stereocenters. The Morgan fingerprint density at radius 1 is 0.941 bits per heavy atom. The molecule has 17 heavy (non-hydrogen) atoms. The van der Waals surface area contributed by atoms with Crippen molar-refractivity contribution in [1.82, 2.24) is 15.0 Å². The van der Waals surface area contributed by atoms with Crippen LogP contribution in [0.1, 0.15) is 0 Å². The fourth-order valence-electron chi connectivity index (χ4n) is 1.75. The molecule has 3 aromatic heterocycles. The lowest BCUT2D eigenvalue weighted by atomic mass is 10.1. The Labute approximate surface area is 98.2 Å². The summed E-state index contributed by atoms with van der Waals surface area (Å²) in [6.45, 7) is 0. The molecule has 0 aliphatic rings. The SMILES string of the molecule is Nc1nc2ncccc2cc1-c1ccccn1. The number of nitrogens with zero attached hydrogens (tertiary/aromatic N) is 3. The fraction of sp³-hybridized carbons (Fsp3) is 0. The van der Waals surface area contributed by atoms with Crippen LogP contribution in [0.5, 0.6) is 0 Å². The quantitative estimate of drug-likeness (QED) is 0.686. The van der Waals surface area contributed by atoms with Crippen molar-refractivity contribution >= 4 is 16.9 Å². The van der Waals surface area contributed by atoms with Crippen molar-refractivity contribution in [2.24, 2.45) is 0 Å². The number of aromatic nitrogens is 3. The summed E-state index contributed by atoms with van der Waals surface area (Å²) in [4.78, 5) is 12.7. The second-order valence-corrected chi connectivity index (χ2v) is 3.69. The topological polar surface area (TPSA) is 64.7 Å². The van der Waals surface area contributed by atoms with Gasteiger partial charge < -0.3 is 5.73 Å². The molecule has 3 heterocycles. The first-order valence-electron chi connectivity index (χ1n) is 5.27. The Hall–Kier alpha value is -2.49. The lowest BCUT2D eigenvalue weighted by Gasteiger charge is -2.05. The summed E-state index contributed by atoms with van der Waals surface area (Å²) in [7, 11) is 0. The molecule has 4 nitrogen and oxygen atoms in total. The Morgan fingerprint density at radius 2 is 1.82 bits per heavy atom. The summed E-state index contributed by atoms with van der Waals surface area (Å²) < 4.78 is 0. The zero-order valence-electron chi connectivity index (χ0n) is 9.04. The van der Waals surface area contributed by atoms with E-state index in [1.807, 2.05) is 36.4 Å². The predicted molar refractivity (Wildman–Crippen MR) is 67.2 cm³/mol. The number of hydrogen-bond acceptors (Lipinski definition) is 4. The summed E-state index contributed by atoms with van der Waals surface area (Å²) in [6, 6.07) is 11.5. The molecule has 0 aromatic carbocycles. The molecule has 0 aliphatic carbocycles. The van der Waals surface area contributed by atoms with Gasteiger partial charge in [0, 0.05) is 23.3 Å². The van der Waals surface area contributed by atoms with Gasteiger partial charge in [0.25, 0.3) is 0 Å². The maximum absolute atomic E-state index is 5.93. The highest BCUT2D eigenvalue weighted by Gasteiger charge is 2.07. The first kappa shape index (κ1) is 9.72. The number of fused-ring (bicyclic) bond motifs is 1. The van der Waals surface area contributed by atoms with Gasteiger partial charge in [-0.25, -0.2) is 9.97 Å². The van der Waals surface area contributed by atoms with E-state index in [2.05, 4.69) is 15.0 Å². The van der Waals surface area contributed by atoms with Crippen molar-refractivity contribution in [1.29, 1.82) is 0 Å². The van der Waals surface area contributed by atoms with Gasteiger partial charge in [0.1, 0.15) is 5.82 Å². The van der Waals surface area contributed by atoms with Gasteiger partial charge in [0.2, 0.25) is 0 Å². The molecule has 0 unspecified atom stereocenters. The molecule has 2 N–H and O–H groups in total. The maximum atomic E-state index is 5.93. The minimum atomic E-state index is 0.454. The molecule has 0 spiro atoms. The lowest BCUT2D eigenvalue weighted by molar-refractivity contribution is 1.27. The summed E-state index contributed by atoms with van der Waals surface area (Å²) in [5.41, 5.74) is 8.25. The first-order chi connectivity index (χ1) is 8.34. The lowest BCUT2D eigenvalue weighted by Crippen LogP contribution is -1.97. The molecule has 0 amide bonds. The molecule has 0 radical (unpaired) electrons. The molecule has 0 saturated carbocycles. The third-order valence-corrected chi connectivity index (χ3v) is 2.56. The van der Waals surface area contributed by atoms with Gasteiger partial charge in [0.05, 0.1) is 5.69 Å². The molecule has 4 heteroatoms. The van der Waals surface area contributed by atoms with Crippen LogP contribution in [0.15, 0.2) is 48.8 Å². The van der Waals surface area contributed by atoms with Crippen LogP contribution in [0.3, 0.4) is 0 Å². The Balaban J connectivity index is 2.27. The molecular weight excluding hydrogens is 212 g/mol. The van der Waals surface area contributed by atoms with Crippen LogP contribution in [0, 0.1) is 0 Å². The first-order valence-corrected chi connectivity index (χ1v) is 5.27. The Morgan fingerprint density at radius 3 is 2.65 bits per heavy atom. The van der Waals surface area contributed by atoms with Crippen LogP contribution in [0.2, 0.25) is 0 Å². The molecule has 0 fully saturated rings. The number of nitrogen functional groups attached to an aromatic ring is 1. The second-order valence-electron chi connectivity index (χ2n) is 3.69. The zero-order valence-corrected chi connectivity index (χ0v) is 9.04. The van der Waals surface area contributed by atoms with Gasteiger partial charge in [0.15, 0.2) is 5.65 Å². The summed E-state index contributed by atoms with van der Waals surface area (Å²) in [5.74, 6) is 0.454. The van der Waals surface area contributed by atoms with Gasteiger partial charge >= 0.3 is 0 Å². The van der Waals surface area contributed by atoms with Gasteiger partial charge in [-0.15, -0.1) is 0 Å². The highest BCUT2D eigenvalue weighted by Crippen LogP contribution is 2.25. The van der Waals surface area contributed by atoms with Crippen LogP contribution in [0.4, 0.5) is 5.82 Å². The molecule has 3 rings (SSSR count). The summed E-state index contributed by atoms with van der Waals surface area (Å²) >= 11 is 0. The second kappa shape index (κ2) is 3.83. The van der Waals surface area contributed by atoms with Gasteiger partial charge in [-0.3, -0.25) is 4.98 Å². The van der Waals surface area contributed by atoms with Gasteiger partial charge in [-0.05, 0) is 30.3 Å². The number of hydrogen-bond donors (Lipinski definition) is 1. The van der Waals surface area contributed by atoms with Crippen molar-refractivity contribution < 1.29 is 0 Å². The van der Waals surface area contributed by atoms with Crippen LogP contribution in [-0.2, 0) is 0 Å². The minimum absolute atomic E-state index is 0.454. The van der Waals surface area contributed by atoms with E-state index >= 15 is 0 Å². The third-order valence-electron chi connectivity index (χ3n) is 2.56. The third kappa shape index (κ3) is 1.69. The summed E-state index contributed by atoms with van der Waals surface area (Å²) in [6.07, 6.45) is 3.44. The van der Waals surface area contributed by atoms with Crippen LogP contribution in [-0.4, -0.2) is 15.0 Å². The normalized spacial score (nSPS) is 10.6. The van der Waals surface area contributed by atoms with E-state index in [0.29, 0.717) is 11.5 Å². The Kier molecular flexibility index (Phi) is 2.19. The Bertz CT molecular complexity index is 665. The van der Waals surface area contributed by atoms with Crippen LogP contribution >= 0.6 is 0 Å². The molecular formula is C13H10N4. The van der Waals surface area contributed by atoms with Crippen molar-refractivity contribution in [2.45, 2.75) is 0 Å². The average molecular weight is 222 g/mol. The average Bonchev–Trinajstić information content (AvgIpc) is 2.39. The van der Waals surface area contributed by atoms with E-state index in [-0.39, 0.29) is 0 Å². The number of anilines is 1. The number of pyridine rings is 3.